The fourth-order valence-electron chi connectivity index (χ4n) is 2.33. The summed E-state index contributed by atoms with van der Waals surface area (Å²) in [5.74, 6) is -0.262. The molecule has 0 amide bonds. The maximum atomic E-state index is 13.9. The smallest absolute Gasteiger partial charge is 0.127 e. The van der Waals surface area contributed by atoms with Gasteiger partial charge in [0.1, 0.15) is 5.82 Å². The number of nitrogens with zero attached hydrogens (tertiary/aromatic N) is 2. The van der Waals surface area contributed by atoms with E-state index in [9.17, 15) is 4.39 Å². The molecular formula is C15H19ClFN3. The van der Waals surface area contributed by atoms with Crippen LogP contribution in [0.25, 0.3) is 0 Å². The molecule has 2 rings (SSSR count). The lowest BCUT2D eigenvalue weighted by molar-refractivity contribution is 0.525. The molecule has 1 heterocycles. The lowest BCUT2D eigenvalue weighted by Crippen LogP contribution is -2.24. The Morgan fingerprint density at radius 1 is 1.45 bits per heavy atom. The summed E-state index contributed by atoms with van der Waals surface area (Å²) in [5.41, 5.74) is 2.69. The van der Waals surface area contributed by atoms with Crippen LogP contribution in [0.2, 0.25) is 5.02 Å². The van der Waals surface area contributed by atoms with Crippen molar-refractivity contribution in [3.63, 3.8) is 0 Å². The Hall–Kier alpha value is -1.39. The molecule has 0 aliphatic heterocycles. The molecule has 0 saturated carbocycles. The van der Waals surface area contributed by atoms with Gasteiger partial charge in [-0.05, 0) is 32.0 Å². The quantitative estimate of drug-likeness (QED) is 0.916. The summed E-state index contributed by atoms with van der Waals surface area (Å²) in [4.78, 5) is 0. The third-order valence-electron chi connectivity index (χ3n) is 3.57. The first kappa shape index (κ1) is 15.0. The summed E-state index contributed by atoms with van der Waals surface area (Å²) in [7, 11) is 1.90. The lowest BCUT2D eigenvalue weighted by atomic mass is 9.99. The van der Waals surface area contributed by atoms with E-state index in [0.717, 1.165) is 17.8 Å². The number of hydrogen-bond acceptors (Lipinski definition) is 2. The number of benzene rings is 1. The van der Waals surface area contributed by atoms with Crippen molar-refractivity contribution in [1.82, 2.24) is 15.1 Å². The molecule has 0 aliphatic rings. The number of likely N-dealkylation sites (N-methyl/N-ethyl adjacent to an activating group) is 1. The summed E-state index contributed by atoms with van der Waals surface area (Å²) in [5, 5.41) is 8.10. The van der Waals surface area contributed by atoms with Gasteiger partial charge in [-0.2, -0.15) is 5.10 Å². The fraction of sp³-hybridized carbons (Fsp3) is 0.400. The molecule has 2 aromatic rings. The molecule has 0 aliphatic carbocycles. The van der Waals surface area contributed by atoms with Gasteiger partial charge in [-0.3, -0.25) is 4.68 Å². The van der Waals surface area contributed by atoms with Crippen molar-refractivity contribution in [2.24, 2.45) is 7.05 Å². The summed E-state index contributed by atoms with van der Waals surface area (Å²) < 4.78 is 15.8. The Balaban J connectivity index is 2.33. The van der Waals surface area contributed by atoms with Crippen LogP contribution in [0.3, 0.4) is 0 Å². The van der Waals surface area contributed by atoms with E-state index in [0.29, 0.717) is 17.0 Å². The zero-order chi connectivity index (χ0) is 14.7. The van der Waals surface area contributed by atoms with Gasteiger partial charge in [-0.1, -0.05) is 24.6 Å². The maximum Gasteiger partial charge on any atom is 0.127 e. The molecular weight excluding hydrogens is 277 g/mol. The number of nitrogens with one attached hydrogen (secondary N) is 1. The molecule has 0 bridgehead atoms. The average Bonchev–Trinajstić information content (AvgIpc) is 2.73. The predicted molar refractivity (Wildman–Crippen MR) is 79.5 cm³/mol. The third-order valence-corrected chi connectivity index (χ3v) is 3.92. The van der Waals surface area contributed by atoms with Crippen molar-refractivity contribution in [3.05, 3.63) is 52.1 Å². The highest BCUT2D eigenvalue weighted by atomic mass is 35.5. The van der Waals surface area contributed by atoms with Crippen LogP contribution in [0.4, 0.5) is 4.39 Å². The number of aryl methyl sites for hydroxylation is 1. The first-order valence-corrected chi connectivity index (χ1v) is 7.07. The molecule has 1 aromatic carbocycles. The van der Waals surface area contributed by atoms with Crippen molar-refractivity contribution < 1.29 is 4.39 Å². The second kappa shape index (κ2) is 6.37. The third kappa shape index (κ3) is 3.02. The van der Waals surface area contributed by atoms with E-state index < -0.39 is 0 Å². The minimum absolute atomic E-state index is 0.00287. The number of rotatable bonds is 5. The van der Waals surface area contributed by atoms with Gasteiger partial charge in [0.05, 0.1) is 6.20 Å². The monoisotopic (exact) mass is 295 g/mol. The number of halogens is 2. The molecule has 3 nitrogen and oxygen atoms in total. The Labute approximate surface area is 123 Å². The summed E-state index contributed by atoms with van der Waals surface area (Å²) in [6.45, 7) is 4.84. The Morgan fingerprint density at radius 2 is 2.20 bits per heavy atom. The van der Waals surface area contributed by atoms with Crippen LogP contribution in [0.15, 0.2) is 24.4 Å². The van der Waals surface area contributed by atoms with E-state index >= 15 is 0 Å². The molecule has 1 aromatic heterocycles. The van der Waals surface area contributed by atoms with Gasteiger partial charge in [0, 0.05) is 34.9 Å². The molecule has 20 heavy (non-hydrogen) atoms. The number of hydrogen-bond donors (Lipinski definition) is 1. The molecule has 0 fully saturated rings. The Morgan fingerprint density at radius 3 is 2.75 bits per heavy atom. The first-order chi connectivity index (χ1) is 9.54. The van der Waals surface area contributed by atoms with Crippen molar-refractivity contribution >= 4 is 11.6 Å². The van der Waals surface area contributed by atoms with Crippen molar-refractivity contribution in [2.45, 2.75) is 26.3 Å². The largest absolute Gasteiger partial charge is 0.310 e. The second-order valence-corrected chi connectivity index (χ2v) is 5.23. The average molecular weight is 296 g/mol. The normalized spacial score (nSPS) is 12.7. The first-order valence-electron chi connectivity index (χ1n) is 6.69. The molecule has 0 spiro atoms. The van der Waals surface area contributed by atoms with Gasteiger partial charge in [-0.15, -0.1) is 0 Å². The van der Waals surface area contributed by atoms with Crippen LogP contribution in [0.1, 0.15) is 29.8 Å². The standard InChI is InChI=1S/C15H19ClFN3/c1-4-18-15(12-9-19-20(3)10(12)2)8-11-13(16)6-5-7-14(11)17/h5-7,9,15,18H,4,8H2,1-3H3. The fourth-order valence-corrected chi connectivity index (χ4v) is 2.57. The molecule has 0 radical (unpaired) electrons. The van der Waals surface area contributed by atoms with Gasteiger partial charge >= 0.3 is 0 Å². The van der Waals surface area contributed by atoms with Crippen molar-refractivity contribution in [2.75, 3.05) is 6.54 Å². The Kier molecular flexibility index (Phi) is 4.78. The van der Waals surface area contributed by atoms with Gasteiger partial charge in [0.25, 0.3) is 0 Å². The minimum Gasteiger partial charge on any atom is -0.310 e. The van der Waals surface area contributed by atoms with Gasteiger partial charge in [0.15, 0.2) is 0 Å². The second-order valence-electron chi connectivity index (χ2n) is 4.82. The SMILES string of the molecule is CCNC(Cc1c(F)cccc1Cl)c1cnn(C)c1C. The van der Waals surface area contributed by atoms with Gasteiger partial charge in [-0.25, -0.2) is 4.39 Å². The molecule has 1 atom stereocenters. The summed E-state index contributed by atoms with van der Waals surface area (Å²) in [6, 6.07) is 4.79. The van der Waals surface area contributed by atoms with E-state index in [2.05, 4.69) is 10.4 Å². The topological polar surface area (TPSA) is 29.9 Å². The van der Waals surface area contributed by atoms with E-state index in [4.69, 9.17) is 11.6 Å². The van der Waals surface area contributed by atoms with Crippen LogP contribution >= 0.6 is 11.6 Å². The molecule has 108 valence electrons. The maximum absolute atomic E-state index is 13.9. The summed E-state index contributed by atoms with van der Waals surface area (Å²) >= 11 is 6.12. The molecule has 1 unspecified atom stereocenters. The van der Waals surface area contributed by atoms with Crippen molar-refractivity contribution in [1.29, 1.82) is 0 Å². The number of aromatic nitrogens is 2. The molecule has 5 heteroatoms. The van der Waals surface area contributed by atoms with Gasteiger partial charge in [0.2, 0.25) is 0 Å². The Bertz CT molecular complexity index is 575. The van der Waals surface area contributed by atoms with Crippen LogP contribution in [0, 0.1) is 12.7 Å². The highest BCUT2D eigenvalue weighted by molar-refractivity contribution is 6.31. The van der Waals surface area contributed by atoms with Crippen LogP contribution < -0.4 is 5.32 Å². The highest BCUT2D eigenvalue weighted by Crippen LogP contribution is 2.27. The van der Waals surface area contributed by atoms with Crippen LogP contribution in [-0.4, -0.2) is 16.3 Å². The summed E-state index contributed by atoms with van der Waals surface area (Å²) in [6.07, 6.45) is 2.34. The zero-order valence-electron chi connectivity index (χ0n) is 12.0. The van der Waals surface area contributed by atoms with Crippen molar-refractivity contribution in [3.8, 4) is 0 Å². The zero-order valence-corrected chi connectivity index (χ0v) is 12.7. The van der Waals surface area contributed by atoms with Gasteiger partial charge < -0.3 is 5.32 Å². The lowest BCUT2D eigenvalue weighted by Gasteiger charge is -2.19. The highest BCUT2D eigenvalue weighted by Gasteiger charge is 2.19. The van der Waals surface area contributed by atoms with Crippen LogP contribution in [0.5, 0.6) is 0 Å². The van der Waals surface area contributed by atoms with E-state index in [1.54, 1.807) is 12.1 Å². The molecule has 0 saturated heterocycles. The predicted octanol–water partition coefficient (Wildman–Crippen LogP) is 3.41. The van der Waals surface area contributed by atoms with E-state index in [-0.39, 0.29) is 11.9 Å². The minimum atomic E-state index is -0.262. The molecule has 1 N–H and O–H groups in total. The van der Waals surface area contributed by atoms with Crippen LogP contribution in [-0.2, 0) is 13.5 Å². The van der Waals surface area contributed by atoms with E-state index in [1.165, 1.54) is 6.07 Å². The van der Waals surface area contributed by atoms with E-state index in [1.807, 2.05) is 31.8 Å².